The lowest BCUT2D eigenvalue weighted by Crippen LogP contribution is -2.27. The Morgan fingerprint density at radius 1 is 1.25 bits per heavy atom. The van der Waals surface area contributed by atoms with Crippen molar-refractivity contribution in [2.24, 2.45) is 5.92 Å². The third kappa shape index (κ3) is 4.22. The van der Waals surface area contributed by atoms with Crippen LogP contribution in [0.15, 0.2) is 24.3 Å². The van der Waals surface area contributed by atoms with Gasteiger partial charge in [-0.3, -0.25) is 0 Å². The maximum absolute atomic E-state index is 6.11. The number of ether oxygens (including phenoxy) is 2. The molecule has 0 saturated heterocycles. The van der Waals surface area contributed by atoms with E-state index in [1.165, 1.54) is 31.2 Å². The van der Waals surface area contributed by atoms with Crippen molar-refractivity contribution in [1.82, 2.24) is 5.32 Å². The van der Waals surface area contributed by atoms with Gasteiger partial charge in [0.05, 0.1) is 25.9 Å². The normalized spacial score (nSPS) is 24.4. The van der Waals surface area contributed by atoms with Gasteiger partial charge in [-0.1, -0.05) is 19.1 Å². The van der Waals surface area contributed by atoms with Gasteiger partial charge in [-0.05, 0) is 56.3 Å². The second-order valence-electron chi connectivity index (χ2n) is 5.83. The van der Waals surface area contributed by atoms with Gasteiger partial charge >= 0.3 is 0 Å². The fourth-order valence-corrected chi connectivity index (χ4v) is 2.83. The molecule has 1 atom stereocenters. The van der Waals surface area contributed by atoms with Crippen molar-refractivity contribution in [3.63, 3.8) is 0 Å². The smallest absolute Gasteiger partial charge is 0.119 e. The Morgan fingerprint density at radius 2 is 2.00 bits per heavy atom. The SMILES string of the molecule is CNC(COC1CCC(C)CC1)c1cccc(OC)c1. The van der Waals surface area contributed by atoms with Gasteiger partial charge in [0.2, 0.25) is 0 Å². The van der Waals surface area contributed by atoms with E-state index in [2.05, 4.69) is 24.4 Å². The van der Waals surface area contributed by atoms with Crippen LogP contribution in [0.2, 0.25) is 0 Å². The minimum Gasteiger partial charge on any atom is -0.497 e. The molecule has 0 spiro atoms. The monoisotopic (exact) mass is 277 g/mol. The number of hydrogen-bond donors (Lipinski definition) is 1. The van der Waals surface area contributed by atoms with Crippen LogP contribution in [0.4, 0.5) is 0 Å². The second kappa shape index (κ2) is 7.65. The molecule has 1 N–H and O–H groups in total. The fraction of sp³-hybridized carbons (Fsp3) is 0.647. The molecule has 1 aromatic rings. The van der Waals surface area contributed by atoms with Crippen molar-refractivity contribution in [1.29, 1.82) is 0 Å². The summed E-state index contributed by atoms with van der Waals surface area (Å²) in [6, 6.07) is 8.42. The van der Waals surface area contributed by atoms with Crippen LogP contribution in [0.3, 0.4) is 0 Å². The van der Waals surface area contributed by atoms with Crippen LogP contribution in [0, 0.1) is 5.92 Å². The van der Waals surface area contributed by atoms with Crippen LogP contribution < -0.4 is 10.1 Å². The van der Waals surface area contributed by atoms with Crippen molar-refractivity contribution >= 4 is 0 Å². The molecular formula is C17H27NO2. The Kier molecular flexibility index (Phi) is 5.86. The molecule has 20 heavy (non-hydrogen) atoms. The Balaban J connectivity index is 1.88. The molecule has 0 aromatic heterocycles. The van der Waals surface area contributed by atoms with Gasteiger partial charge in [-0.25, -0.2) is 0 Å². The average molecular weight is 277 g/mol. The minimum atomic E-state index is 0.226. The third-order valence-electron chi connectivity index (χ3n) is 4.31. The summed E-state index contributed by atoms with van der Waals surface area (Å²) in [4.78, 5) is 0. The van der Waals surface area contributed by atoms with Crippen LogP contribution in [-0.4, -0.2) is 26.9 Å². The quantitative estimate of drug-likeness (QED) is 0.862. The summed E-state index contributed by atoms with van der Waals surface area (Å²) in [5, 5.41) is 3.34. The Labute approximate surface area is 122 Å². The maximum atomic E-state index is 6.11. The van der Waals surface area contributed by atoms with Gasteiger partial charge in [0, 0.05) is 0 Å². The van der Waals surface area contributed by atoms with Crippen LogP contribution in [0.1, 0.15) is 44.2 Å². The van der Waals surface area contributed by atoms with E-state index in [0.717, 1.165) is 18.3 Å². The molecular weight excluding hydrogens is 250 g/mol. The predicted molar refractivity (Wildman–Crippen MR) is 82.2 cm³/mol. The molecule has 1 unspecified atom stereocenters. The summed E-state index contributed by atoms with van der Waals surface area (Å²) in [5.41, 5.74) is 1.22. The van der Waals surface area contributed by atoms with Crippen molar-refractivity contribution in [3.8, 4) is 5.75 Å². The molecule has 1 saturated carbocycles. The molecule has 2 rings (SSSR count). The summed E-state index contributed by atoms with van der Waals surface area (Å²) < 4.78 is 11.4. The molecule has 112 valence electrons. The fourth-order valence-electron chi connectivity index (χ4n) is 2.83. The van der Waals surface area contributed by atoms with Gasteiger partial charge in [0.25, 0.3) is 0 Å². The van der Waals surface area contributed by atoms with Crippen molar-refractivity contribution in [2.45, 2.75) is 44.8 Å². The van der Waals surface area contributed by atoms with E-state index in [1.807, 2.05) is 19.2 Å². The van der Waals surface area contributed by atoms with E-state index in [1.54, 1.807) is 7.11 Å². The molecule has 1 aliphatic rings. The van der Waals surface area contributed by atoms with Crippen LogP contribution in [0.5, 0.6) is 5.75 Å². The zero-order chi connectivity index (χ0) is 14.4. The first-order valence-corrected chi connectivity index (χ1v) is 7.65. The number of methoxy groups -OCH3 is 1. The summed E-state index contributed by atoms with van der Waals surface area (Å²) in [6.45, 7) is 3.06. The zero-order valence-electron chi connectivity index (χ0n) is 12.9. The maximum Gasteiger partial charge on any atom is 0.119 e. The topological polar surface area (TPSA) is 30.5 Å². The Bertz CT molecular complexity index is 400. The highest BCUT2D eigenvalue weighted by Crippen LogP contribution is 2.27. The van der Waals surface area contributed by atoms with Crippen molar-refractivity contribution in [2.75, 3.05) is 20.8 Å². The molecule has 1 fully saturated rings. The van der Waals surface area contributed by atoms with E-state index in [0.29, 0.717) is 6.10 Å². The van der Waals surface area contributed by atoms with Gasteiger partial charge in [-0.15, -0.1) is 0 Å². The molecule has 0 radical (unpaired) electrons. The zero-order valence-corrected chi connectivity index (χ0v) is 12.9. The molecule has 0 aliphatic heterocycles. The number of likely N-dealkylation sites (N-methyl/N-ethyl adjacent to an activating group) is 1. The summed E-state index contributed by atoms with van der Waals surface area (Å²) >= 11 is 0. The lowest BCUT2D eigenvalue weighted by Gasteiger charge is -2.28. The third-order valence-corrected chi connectivity index (χ3v) is 4.31. The molecule has 1 aromatic carbocycles. The Hall–Kier alpha value is -1.06. The van der Waals surface area contributed by atoms with Gasteiger partial charge in [0.1, 0.15) is 5.75 Å². The highest BCUT2D eigenvalue weighted by atomic mass is 16.5. The first-order chi connectivity index (χ1) is 9.72. The number of nitrogens with one attached hydrogen (secondary N) is 1. The van der Waals surface area contributed by atoms with E-state index in [-0.39, 0.29) is 6.04 Å². The van der Waals surface area contributed by atoms with Crippen molar-refractivity contribution < 1.29 is 9.47 Å². The van der Waals surface area contributed by atoms with Gasteiger partial charge < -0.3 is 14.8 Å². The summed E-state index contributed by atoms with van der Waals surface area (Å²) in [6.07, 6.45) is 5.45. The van der Waals surface area contributed by atoms with E-state index in [9.17, 15) is 0 Å². The number of rotatable bonds is 6. The van der Waals surface area contributed by atoms with Crippen LogP contribution >= 0.6 is 0 Å². The molecule has 1 aliphatic carbocycles. The lowest BCUT2D eigenvalue weighted by molar-refractivity contribution is 0.00880. The molecule has 3 nitrogen and oxygen atoms in total. The van der Waals surface area contributed by atoms with E-state index in [4.69, 9.17) is 9.47 Å². The molecule has 3 heteroatoms. The number of benzene rings is 1. The van der Waals surface area contributed by atoms with Gasteiger partial charge in [0.15, 0.2) is 0 Å². The second-order valence-corrected chi connectivity index (χ2v) is 5.83. The average Bonchev–Trinajstić information content (AvgIpc) is 2.50. The van der Waals surface area contributed by atoms with E-state index >= 15 is 0 Å². The lowest BCUT2D eigenvalue weighted by atomic mass is 9.89. The van der Waals surface area contributed by atoms with Gasteiger partial charge in [-0.2, -0.15) is 0 Å². The first kappa shape index (κ1) is 15.3. The predicted octanol–water partition coefficient (Wildman–Crippen LogP) is 3.55. The molecule has 0 bridgehead atoms. The largest absolute Gasteiger partial charge is 0.497 e. The van der Waals surface area contributed by atoms with Crippen molar-refractivity contribution in [3.05, 3.63) is 29.8 Å². The Morgan fingerprint density at radius 3 is 2.65 bits per heavy atom. The molecule has 0 amide bonds. The van der Waals surface area contributed by atoms with Crippen LogP contribution in [-0.2, 0) is 4.74 Å². The summed E-state index contributed by atoms with van der Waals surface area (Å²) in [7, 11) is 3.68. The van der Waals surface area contributed by atoms with E-state index < -0.39 is 0 Å². The van der Waals surface area contributed by atoms with Crippen LogP contribution in [0.25, 0.3) is 0 Å². The summed E-state index contributed by atoms with van der Waals surface area (Å²) in [5.74, 6) is 1.77. The first-order valence-electron chi connectivity index (χ1n) is 7.65. The highest BCUT2D eigenvalue weighted by molar-refractivity contribution is 5.30. The minimum absolute atomic E-state index is 0.226. The highest BCUT2D eigenvalue weighted by Gasteiger charge is 2.20. The number of hydrogen-bond acceptors (Lipinski definition) is 3. The standard InChI is InChI=1S/C17H27NO2/c1-13-7-9-15(10-8-13)20-12-17(18-2)14-5-4-6-16(11-14)19-3/h4-6,11,13,15,17-18H,7-10,12H2,1-3H3. The molecule has 0 heterocycles.